The first-order valence-electron chi connectivity index (χ1n) is 3.73. The van der Waals surface area contributed by atoms with E-state index < -0.39 is 0 Å². The van der Waals surface area contributed by atoms with Gasteiger partial charge in [0.25, 0.3) is 0 Å². The van der Waals surface area contributed by atoms with Crippen molar-refractivity contribution in [3.05, 3.63) is 0 Å². The van der Waals surface area contributed by atoms with Crippen molar-refractivity contribution in [2.45, 2.75) is 25.0 Å². The second-order valence-electron chi connectivity index (χ2n) is 2.72. The lowest BCUT2D eigenvalue weighted by Gasteiger charge is -2.24. The molecule has 1 fully saturated rings. The average molecular weight is 159 g/mol. The number of esters is 1. The van der Waals surface area contributed by atoms with Crippen molar-refractivity contribution in [1.29, 1.82) is 0 Å². The van der Waals surface area contributed by atoms with E-state index in [1.54, 1.807) is 0 Å². The molecule has 2 atom stereocenters. The van der Waals surface area contributed by atoms with Crippen molar-refractivity contribution < 1.29 is 14.6 Å². The Hall–Kier alpha value is -0.610. The topological polar surface area (TPSA) is 58.6 Å². The van der Waals surface area contributed by atoms with Gasteiger partial charge in [-0.3, -0.25) is 4.79 Å². The minimum Gasteiger partial charge on any atom is -0.468 e. The summed E-state index contributed by atoms with van der Waals surface area (Å²) in [4.78, 5) is 10.9. The molecule has 0 radical (unpaired) electrons. The van der Waals surface area contributed by atoms with Crippen LogP contribution >= 0.6 is 0 Å². The monoisotopic (exact) mass is 159 g/mol. The Morgan fingerprint density at radius 3 is 2.82 bits per heavy atom. The molecule has 1 aliphatic rings. The number of hydrogen-bond donors (Lipinski definition) is 2. The summed E-state index contributed by atoms with van der Waals surface area (Å²) in [5.74, 6) is -0.239. The quantitative estimate of drug-likeness (QED) is 0.495. The molecule has 64 valence electrons. The van der Waals surface area contributed by atoms with Crippen LogP contribution in [-0.4, -0.2) is 36.9 Å². The fourth-order valence-electron chi connectivity index (χ4n) is 1.18. The Labute approximate surface area is 65.5 Å². The van der Waals surface area contributed by atoms with E-state index in [0.717, 1.165) is 0 Å². The van der Waals surface area contributed by atoms with Gasteiger partial charge in [0.05, 0.1) is 13.2 Å². The van der Waals surface area contributed by atoms with E-state index in [1.807, 2.05) is 0 Å². The van der Waals surface area contributed by atoms with Gasteiger partial charge in [-0.05, 0) is 12.8 Å². The van der Waals surface area contributed by atoms with Gasteiger partial charge in [-0.15, -0.1) is 0 Å². The largest absolute Gasteiger partial charge is 0.468 e. The molecule has 1 saturated heterocycles. The minimum atomic E-state index is -0.309. The molecule has 0 aromatic carbocycles. The molecule has 0 bridgehead atoms. The van der Waals surface area contributed by atoms with Gasteiger partial charge in [-0.1, -0.05) is 0 Å². The highest BCUT2D eigenvalue weighted by molar-refractivity contribution is 5.75. The fourth-order valence-corrected chi connectivity index (χ4v) is 1.18. The molecule has 1 heterocycles. The molecule has 1 rings (SSSR count). The van der Waals surface area contributed by atoms with Crippen LogP contribution in [0.3, 0.4) is 0 Å². The molecule has 0 saturated carbocycles. The summed E-state index contributed by atoms with van der Waals surface area (Å²) >= 11 is 0. The number of ether oxygens (including phenoxy) is 1. The molecule has 0 aromatic rings. The maximum atomic E-state index is 10.9. The molecule has 11 heavy (non-hydrogen) atoms. The molecule has 0 amide bonds. The summed E-state index contributed by atoms with van der Waals surface area (Å²) in [6, 6.07) is -0.219. The molecule has 0 aliphatic carbocycles. The van der Waals surface area contributed by atoms with E-state index in [0.29, 0.717) is 19.4 Å². The first kappa shape index (κ1) is 8.49. The third kappa shape index (κ3) is 2.17. The van der Waals surface area contributed by atoms with Gasteiger partial charge in [0.15, 0.2) is 0 Å². The SMILES string of the molecule is COC(=O)[C@@H]1CCC(O)CN1. The lowest BCUT2D eigenvalue weighted by Crippen LogP contribution is -2.46. The van der Waals surface area contributed by atoms with Crippen molar-refractivity contribution >= 4 is 5.97 Å². The van der Waals surface area contributed by atoms with Crippen LogP contribution in [0.4, 0.5) is 0 Å². The number of piperidine rings is 1. The van der Waals surface area contributed by atoms with Crippen molar-refractivity contribution in [2.24, 2.45) is 0 Å². The summed E-state index contributed by atoms with van der Waals surface area (Å²) in [7, 11) is 1.37. The summed E-state index contributed by atoms with van der Waals surface area (Å²) < 4.78 is 4.54. The predicted octanol–water partition coefficient (Wildman–Crippen LogP) is -0.728. The second kappa shape index (κ2) is 3.69. The fraction of sp³-hybridized carbons (Fsp3) is 0.857. The van der Waals surface area contributed by atoms with Crippen LogP contribution in [-0.2, 0) is 9.53 Å². The van der Waals surface area contributed by atoms with E-state index in [4.69, 9.17) is 5.11 Å². The standard InChI is InChI=1S/C7H13NO3/c1-11-7(10)6-3-2-5(9)4-8-6/h5-6,8-9H,2-4H2,1H3/t5?,6-/m0/s1. The van der Waals surface area contributed by atoms with Gasteiger partial charge in [0.2, 0.25) is 0 Å². The van der Waals surface area contributed by atoms with Crippen molar-refractivity contribution in [3.63, 3.8) is 0 Å². The van der Waals surface area contributed by atoms with Crippen LogP contribution in [0.15, 0.2) is 0 Å². The molecule has 0 aromatic heterocycles. The Balaban J connectivity index is 2.33. The molecular weight excluding hydrogens is 146 g/mol. The third-order valence-corrected chi connectivity index (χ3v) is 1.87. The lowest BCUT2D eigenvalue weighted by molar-refractivity contribution is -0.144. The Kier molecular flexibility index (Phi) is 2.84. The van der Waals surface area contributed by atoms with Gasteiger partial charge < -0.3 is 15.2 Å². The number of methoxy groups -OCH3 is 1. The zero-order valence-electron chi connectivity index (χ0n) is 6.54. The molecule has 2 N–H and O–H groups in total. The van der Waals surface area contributed by atoms with E-state index >= 15 is 0 Å². The van der Waals surface area contributed by atoms with Crippen LogP contribution in [0.2, 0.25) is 0 Å². The molecule has 4 nitrogen and oxygen atoms in total. The summed E-state index contributed by atoms with van der Waals surface area (Å²) in [6.45, 7) is 0.486. The lowest BCUT2D eigenvalue weighted by atomic mass is 10.0. The van der Waals surface area contributed by atoms with E-state index in [-0.39, 0.29) is 18.1 Å². The Morgan fingerprint density at radius 2 is 2.36 bits per heavy atom. The van der Waals surface area contributed by atoms with Gasteiger partial charge in [-0.25, -0.2) is 0 Å². The summed E-state index contributed by atoms with van der Waals surface area (Å²) in [5, 5.41) is 12.0. The minimum absolute atomic E-state index is 0.219. The Morgan fingerprint density at radius 1 is 1.64 bits per heavy atom. The van der Waals surface area contributed by atoms with Gasteiger partial charge in [0.1, 0.15) is 6.04 Å². The number of nitrogens with one attached hydrogen (secondary N) is 1. The maximum Gasteiger partial charge on any atom is 0.322 e. The first-order valence-corrected chi connectivity index (χ1v) is 3.73. The maximum absolute atomic E-state index is 10.9. The van der Waals surface area contributed by atoms with Crippen molar-refractivity contribution in [1.82, 2.24) is 5.32 Å². The van der Waals surface area contributed by atoms with E-state index in [2.05, 4.69) is 10.1 Å². The zero-order chi connectivity index (χ0) is 8.27. The van der Waals surface area contributed by atoms with Crippen molar-refractivity contribution in [3.8, 4) is 0 Å². The predicted molar refractivity (Wildman–Crippen MR) is 39.0 cm³/mol. The van der Waals surface area contributed by atoms with Gasteiger partial charge >= 0.3 is 5.97 Å². The third-order valence-electron chi connectivity index (χ3n) is 1.87. The highest BCUT2D eigenvalue weighted by Crippen LogP contribution is 2.08. The first-order chi connectivity index (χ1) is 5.24. The summed E-state index contributed by atoms with van der Waals surface area (Å²) in [5.41, 5.74) is 0. The van der Waals surface area contributed by atoms with Gasteiger partial charge in [-0.2, -0.15) is 0 Å². The Bertz CT molecular complexity index is 141. The number of hydrogen-bond acceptors (Lipinski definition) is 4. The van der Waals surface area contributed by atoms with Crippen LogP contribution < -0.4 is 5.32 Å². The number of aliphatic hydroxyl groups excluding tert-OH is 1. The van der Waals surface area contributed by atoms with Crippen molar-refractivity contribution in [2.75, 3.05) is 13.7 Å². The van der Waals surface area contributed by atoms with E-state index in [1.165, 1.54) is 7.11 Å². The van der Waals surface area contributed by atoms with Crippen LogP contribution in [0.25, 0.3) is 0 Å². The number of β-amino-alcohol motifs (C(OH)–C–C–N with tert-alkyl or cyclic N) is 1. The number of carbonyl (C=O) groups excluding carboxylic acids is 1. The molecular formula is C7H13NO3. The molecule has 1 unspecified atom stereocenters. The zero-order valence-corrected chi connectivity index (χ0v) is 6.54. The van der Waals surface area contributed by atoms with Crippen LogP contribution in [0.1, 0.15) is 12.8 Å². The average Bonchev–Trinajstić information content (AvgIpc) is 2.05. The molecule has 4 heteroatoms. The van der Waals surface area contributed by atoms with Crippen LogP contribution in [0, 0.1) is 0 Å². The van der Waals surface area contributed by atoms with E-state index in [9.17, 15) is 4.79 Å². The second-order valence-corrected chi connectivity index (χ2v) is 2.72. The number of aliphatic hydroxyl groups is 1. The number of rotatable bonds is 1. The highest BCUT2D eigenvalue weighted by Gasteiger charge is 2.24. The molecule has 0 spiro atoms. The molecule has 1 aliphatic heterocycles. The number of carbonyl (C=O) groups is 1. The van der Waals surface area contributed by atoms with Crippen LogP contribution in [0.5, 0.6) is 0 Å². The highest BCUT2D eigenvalue weighted by atomic mass is 16.5. The smallest absolute Gasteiger partial charge is 0.322 e. The summed E-state index contributed by atoms with van der Waals surface area (Å²) in [6.07, 6.45) is 1.02. The van der Waals surface area contributed by atoms with Gasteiger partial charge in [0, 0.05) is 6.54 Å². The normalized spacial score (nSPS) is 31.5.